The molecule has 220 valence electrons. The molecule has 2 atom stereocenters. The van der Waals surface area contributed by atoms with Gasteiger partial charge in [0.2, 0.25) is 10.0 Å². The van der Waals surface area contributed by atoms with Crippen molar-refractivity contribution in [2.75, 3.05) is 39.3 Å². The number of carbonyl (C=O) groups is 2. The van der Waals surface area contributed by atoms with Crippen molar-refractivity contribution in [1.82, 2.24) is 9.62 Å². The van der Waals surface area contributed by atoms with Gasteiger partial charge in [-0.1, -0.05) is 24.3 Å². The monoisotopic (exact) mass is 583 g/mol. The third-order valence-corrected chi connectivity index (χ3v) is 8.29. The quantitative estimate of drug-likeness (QED) is 0.388. The normalized spacial score (nSPS) is 17.4. The van der Waals surface area contributed by atoms with Crippen LogP contribution in [0.15, 0.2) is 65.6 Å². The average Bonchev–Trinajstić information content (AvgIpc) is 3.32. The number of methoxy groups -OCH3 is 1. The molecular weight excluding hydrogens is 546 g/mol. The number of nitrogens with one attached hydrogen (secondary N) is 1. The molecule has 3 aromatic carbocycles. The molecule has 1 fully saturated rings. The van der Waals surface area contributed by atoms with Gasteiger partial charge in [0, 0.05) is 43.1 Å². The lowest BCUT2D eigenvalue weighted by atomic mass is 10.1. The number of nitrogens with zero attached hydrogens (tertiary/aromatic N) is 2. The Morgan fingerprint density at radius 1 is 1.00 bits per heavy atom. The minimum atomic E-state index is -3.93. The zero-order valence-corrected chi connectivity index (χ0v) is 25.0. The van der Waals surface area contributed by atoms with E-state index in [9.17, 15) is 18.0 Å². The maximum absolute atomic E-state index is 13.7. The van der Waals surface area contributed by atoms with Crippen molar-refractivity contribution in [3.63, 3.8) is 0 Å². The Kier molecular flexibility index (Phi) is 8.79. The van der Waals surface area contributed by atoms with Crippen LogP contribution in [0.2, 0.25) is 0 Å². The van der Waals surface area contributed by atoms with Crippen LogP contribution < -0.4 is 14.4 Å². The van der Waals surface area contributed by atoms with Crippen LogP contribution in [0.4, 0.5) is 10.5 Å². The van der Waals surface area contributed by atoms with Crippen molar-refractivity contribution in [2.24, 2.45) is 0 Å². The van der Waals surface area contributed by atoms with Crippen molar-refractivity contribution in [3.8, 4) is 5.75 Å². The van der Waals surface area contributed by atoms with Gasteiger partial charge in [0.25, 0.3) is 0 Å². The van der Waals surface area contributed by atoms with Gasteiger partial charge in [-0.05, 0) is 63.6 Å². The number of amides is 1. The number of anilines is 1. The fourth-order valence-corrected chi connectivity index (χ4v) is 6.34. The average molecular weight is 584 g/mol. The van der Waals surface area contributed by atoms with E-state index >= 15 is 0 Å². The highest BCUT2D eigenvalue weighted by Gasteiger charge is 2.40. The lowest BCUT2D eigenvalue weighted by Gasteiger charge is -2.28. The van der Waals surface area contributed by atoms with Crippen molar-refractivity contribution in [2.45, 2.75) is 49.8 Å². The number of ether oxygens (including phenoxy) is 3. The van der Waals surface area contributed by atoms with Crippen LogP contribution in [0, 0.1) is 0 Å². The first kappa shape index (κ1) is 30.1. The highest BCUT2D eigenvalue weighted by molar-refractivity contribution is 7.89. The second-order valence-corrected chi connectivity index (χ2v) is 12.9. The number of carbonyl (C=O) groups excluding carboxylic acids is 2. The fraction of sp³-hybridized carbons (Fsp3) is 0.400. The van der Waals surface area contributed by atoms with Gasteiger partial charge in [0.15, 0.2) is 0 Å². The first-order valence-corrected chi connectivity index (χ1v) is 14.8. The number of hydrogen-bond donors (Lipinski definition) is 1. The summed E-state index contributed by atoms with van der Waals surface area (Å²) >= 11 is 0. The van der Waals surface area contributed by atoms with E-state index in [0.29, 0.717) is 23.1 Å². The summed E-state index contributed by atoms with van der Waals surface area (Å²) in [6, 6.07) is 16.2. The molecule has 1 N–H and O–H groups in total. The molecule has 0 aliphatic carbocycles. The van der Waals surface area contributed by atoms with Crippen LogP contribution in [0.5, 0.6) is 5.75 Å². The topological polar surface area (TPSA) is 114 Å². The third-order valence-electron chi connectivity index (χ3n) is 6.71. The van der Waals surface area contributed by atoms with E-state index in [0.717, 1.165) is 11.1 Å². The number of benzene rings is 3. The second kappa shape index (κ2) is 12.0. The Morgan fingerprint density at radius 3 is 2.29 bits per heavy atom. The van der Waals surface area contributed by atoms with E-state index < -0.39 is 39.8 Å². The van der Waals surface area contributed by atoms with Crippen LogP contribution in [0.3, 0.4) is 0 Å². The minimum Gasteiger partial charge on any atom is -0.491 e. The molecule has 0 radical (unpaired) electrons. The molecule has 4 rings (SSSR count). The largest absolute Gasteiger partial charge is 0.491 e. The standard InChI is InChI=1S/C30H37N3O7S/c1-30(2,3)40-29(35)33-18-21(17-22(33)19-39-23-15-13-20(14-16-23)28(34)38-6)31-41(36,37)27-12-8-9-24-25(27)10-7-11-26(24)32(4)5/h7-16,21-22,31H,17-19H2,1-6H3/t21-,22-/m0/s1. The van der Waals surface area contributed by atoms with Gasteiger partial charge in [0.1, 0.15) is 18.0 Å². The molecule has 1 aliphatic heterocycles. The summed E-state index contributed by atoms with van der Waals surface area (Å²) in [5, 5.41) is 1.44. The molecule has 1 amide bonds. The molecule has 1 heterocycles. The molecule has 0 saturated carbocycles. The number of esters is 1. The second-order valence-electron chi connectivity index (χ2n) is 11.2. The van der Waals surface area contributed by atoms with E-state index in [1.165, 1.54) is 12.0 Å². The zero-order chi connectivity index (χ0) is 29.9. The maximum Gasteiger partial charge on any atom is 0.410 e. The minimum absolute atomic E-state index is 0.107. The number of hydrogen-bond acceptors (Lipinski definition) is 8. The van der Waals surface area contributed by atoms with E-state index in [2.05, 4.69) is 4.72 Å². The zero-order valence-electron chi connectivity index (χ0n) is 24.2. The summed E-state index contributed by atoms with van der Waals surface area (Å²) in [6.07, 6.45) is -0.221. The first-order valence-electron chi connectivity index (χ1n) is 13.3. The molecule has 10 nitrogen and oxygen atoms in total. The molecule has 11 heteroatoms. The first-order chi connectivity index (χ1) is 19.3. The van der Waals surface area contributed by atoms with Crippen molar-refractivity contribution in [1.29, 1.82) is 0 Å². The summed E-state index contributed by atoms with van der Waals surface area (Å²) in [5.41, 5.74) is 0.571. The number of likely N-dealkylation sites (tertiary alicyclic amines) is 1. The summed E-state index contributed by atoms with van der Waals surface area (Å²) < 4.78 is 46.4. The van der Waals surface area contributed by atoms with Gasteiger partial charge >= 0.3 is 12.1 Å². The number of sulfonamides is 1. The predicted octanol–water partition coefficient (Wildman–Crippen LogP) is 4.43. The van der Waals surface area contributed by atoms with Crippen molar-refractivity contribution in [3.05, 3.63) is 66.2 Å². The number of fused-ring (bicyclic) bond motifs is 1. The Morgan fingerprint density at radius 2 is 1.66 bits per heavy atom. The molecule has 3 aromatic rings. The Hall–Kier alpha value is -3.83. The van der Waals surface area contributed by atoms with Crippen LogP contribution in [0.1, 0.15) is 37.6 Å². The smallest absolute Gasteiger partial charge is 0.410 e. The Labute approximate surface area is 241 Å². The van der Waals surface area contributed by atoms with Gasteiger partial charge in [-0.3, -0.25) is 0 Å². The van der Waals surface area contributed by atoms with Gasteiger partial charge < -0.3 is 24.0 Å². The molecule has 41 heavy (non-hydrogen) atoms. The fourth-order valence-electron chi connectivity index (χ4n) is 4.87. The Bertz CT molecular complexity index is 1520. The molecule has 1 aliphatic rings. The lowest BCUT2D eigenvalue weighted by Crippen LogP contribution is -2.43. The van der Waals surface area contributed by atoms with E-state index in [4.69, 9.17) is 14.2 Å². The van der Waals surface area contributed by atoms with E-state index in [-0.39, 0.29) is 18.0 Å². The van der Waals surface area contributed by atoms with Gasteiger partial charge in [-0.25, -0.2) is 22.7 Å². The molecule has 1 saturated heterocycles. The maximum atomic E-state index is 13.7. The third kappa shape index (κ3) is 7.09. The highest BCUT2D eigenvalue weighted by Crippen LogP contribution is 2.31. The molecule has 0 bridgehead atoms. The molecule has 0 spiro atoms. The van der Waals surface area contributed by atoms with Crippen LogP contribution >= 0.6 is 0 Å². The Balaban J connectivity index is 1.55. The van der Waals surface area contributed by atoms with Gasteiger partial charge in [-0.15, -0.1) is 0 Å². The summed E-state index contributed by atoms with van der Waals surface area (Å²) in [5.74, 6) is 0.0426. The summed E-state index contributed by atoms with van der Waals surface area (Å²) in [4.78, 5) is 28.4. The lowest BCUT2D eigenvalue weighted by molar-refractivity contribution is 0.0185. The van der Waals surface area contributed by atoms with Crippen molar-refractivity contribution < 1.29 is 32.2 Å². The molecule has 0 aromatic heterocycles. The van der Waals surface area contributed by atoms with Gasteiger partial charge in [-0.2, -0.15) is 0 Å². The van der Waals surface area contributed by atoms with Crippen LogP contribution in [-0.2, 0) is 19.5 Å². The van der Waals surface area contributed by atoms with Crippen LogP contribution in [0.25, 0.3) is 10.8 Å². The van der Waals surface area contributed by atoms with Gasteiger partial charge in [0.05, 0.1) is 23.6 Å². The molecular formula is C30H37N3O7S. The van der Waals surface area contributed by atoms with E-state index in [1.807, 2.05) is 37.2 Å². The number of rotatable bonds is 8. The van der Waals surface area contributed by atoms with Crippen molar-refractivity contribution >= 4 is 38.5 Å². The molecule has 0 unspecified atom stereocenters. The summed E-state index contributed by atoms with van der Waals surface area (Å²) in [7, 11) is 1.20. The summed E-state index contributed by atoms with van der Waals surface area (Å²) in [6.45, 7) is 5.56. The SMILES string of the molecule is COC(=O)c1ccc(OC[C@@H]2C[C@H](NS(=O)(=O)c3cccc4c(N(C)C)cccc34)CN2C(=O)OC(C)(C)C)cc1. The highest BCUT2D eigenvalue weighted by atomic mass is 32.2. The van der Waals surface area contributed by atoms with Crippen LogP contribution in [-0.4, -0.2) is 77.4 Å². The van der Waals surface area contributed by atoms with E-state index in [1.54, 1.807) is 63.2 Å². The predicted molar refractivity (Wildman–Crippen MR) is 157 cm³/mol.